The number of hydrogen-bond acceptors (Lipinski definition) is 7. The van der Waals surface area contributed by atoms with E-state index in [2.05, 4.69) is 20.5 Å². The third kappa shape index (κ3) is 4.34. The maximum atomic E-state index is 11.8. The molecule has 1 N–H and O–H groups in total. The van der Waals surface area contributed by atoms with Gasteiger partial charge in [-0.1, -0.05) is 17.7 Å². The Morgan fingerprint density at radius 3 is 2.60 bits per heavy atom. The Balaban J connectivity index is 1.62. The van der Waals surface area contributed by atoms with E-state index >= 15 is 0 Å². The number of aryl methyl sites for hydroxylation is 1. The van der Waals surface area contributed by atoms with Crippen molar-refractivity contribution in [2.24, 2.45) is 0 Å². The van der Waals surface area contributed by atoms with Crippen LogP contribution in [0.3, 0.4) is 0 Å². The van der Waals surface area contributed by atoms with E-state index in [1.807, 2.05) is 36.1 Å². The van der Waals surface area contributed by atoms with E-state index in [4.69, 9.17) is 4.74 Å². The Hall–Kier alpha value is -2.90. The highest BCUT2D eigenvalue weighted by Gasteiger charge is 2.23. The largest absolute Gasteiger partial charge is 0.450 e. The maximum Gasteiger partial charge on any atom is 0.409 e. The van der Waals surface area contributed by atoms with Crippen molar-refractivity contribution in [3.63, 3.8) is 0 Å². The van der Waals surface area contributed by atoms with Gasteiger partial charge in [0.05, 0.1) is 12.8 Å². The van der Waals surface area contributed by atoms with Gasteiger partial charge >= 0.3 is 6.09 Å². The molecule has 8 nitrogen and oxygen atoms in total. The monoisotopic (exact) mass is 342 g/mol. The van der Waals surface area contributed by atoms with Gasteiger partial charge in [0.2, 0.25) is 5.95 Å². The van der Waals surface area contributed by atoms with Crippen LogP contribution >= 0.6 is 0 Å². The Morgan fingerprint density at radius 1 is 1.20 bits per heavy atom. The van der Waals surface area contributed by atoms with Crippen LogP contribution in [0.2, 0.25) is 0 Å². The molecule has 0 atom stereocenters. The number of benzene rings is 1. The second-order valence-corrected chi connectivity index (χ2v) is 5.81. The third-order valence-electron chi connectivity index (χ3n) is 3.96. The molecule has 2 heterocycles. The summed E-state index contributed by atoms with van der Waals surface area (Å²) in [6, 6.07) is 8.06. The lowest BCUT2D eigenvalue weighted by atomic mass is 10.2. The van der Waals surface area contributed by atoms with E-state index < -0.39 is 0 Å². The summed E-state index contributed by atoms with van der Waals surface area (Å²) >= 11 is 0. The number of carbonyl (C=O) groups excluding carboxylic acids is 1. The van der Waals surface area contributed by atoms with Gasteiger partial charge in [-0.25, -0.2) is 4.79 Å². The minimum atomic E-state index is -0.268. The van der Waals surface area contributed by atoms with Crippen molar-refractivity contribution in [2.45, 2.75) is 13.8 Å². The molecule has 8 heteroatoms. The van der Waals surface area contributed by atoms with Gasteiger partial charge in [0.1, 0.15) is 0 Å². The van der Waals surface area contributed by atoms with E-state index in [-0.39, 0.29) is 6.09 Å². The van der Waals surface area contributed by atoms with Crippen LogP contribution in [-0.4, -0.2) is 59.0 Å². The molecule has 1 amide bonds. The minimum absolute atomic E-state index is 0.268. The molecule has 1 fully saturated rings. The highest BCUT2D eigenvalue weighted by atomic mass is 16.6. The third-order valence-corrected chi connectivity index (χ3v) is 3.96. The molecule has 1 aliphatic rings. The topological polar surface area (TPSA) is 83.5 Å². The van der Waals surface area contributed by atoms with Crippen LogP contribution in [0.15, 0.2) is 30.5 Å². The number of anilines is 3. The summed E-state index contributed by atoms with van der Waals surface area (Å²) in [5, 5.41) is 11.4. The quantitative estimate of drug-likeness (QED) is 0.912. The van der Waals surface area contributed by atoms with E-state index in [9.17, 15) is 4.79 Å². The molecule has 1 saturated heterocycles. The van der Waals surface area contributed by atoms with Crippen molar-refractivity contribution in [2.75, 3.05) is 43.0 Å². The lowest BCUT2D eigenvalue weighted by Crippen LogP contribution is -2.49. The van der Waals surface area contributed by atoms with Crippen LogP contribution in [0.4, 0.5) is 22.2 Å². The van der Waals surface area contributed by atoms with Crippen molar-refractivity contribution >= 4 is 23.5 Å². The average molecular weight is 342 g/mol. The lowest BCUT2D eigenvalue weighted by molar-refractivity contribution is 0.105. The zero-order chi connectivity index (χ0) is 17.6. The van der Waals surface area contributed by atoms with Gasteiger partial charge in [-0.3, -0.25) is 0 Å². The molecule has 0 aliphatic carbocycles. The van der Waals surface area contributed by atoms with Gasteiger partial charge < -0.3 is 19.9 Å². The van der Waals surface area contributed by atoms with Crippen molar-refractivity contribution in [3.05, 3.63) is 36.0 Å². The van der Waals surface area contributed by atoms with Crippen LogP contribution in [0.25, 0.3) is 0 Å². The molecule has 1 aromatic heterocycles. The van der Waals surface area contributed by atoms with E-state index in [0.29, 0.717) is 44.6 Å². The van der Waals surface area contributed by atoms with Crippen molar-refractivity contribution in [1.29, 1.82) is 0 Å². The first-order valence-electron chi connectivity index (χ1n) is 8.36. The molecule has 0 bridgehead atoms. The number of piperazine rings is 1. The Bertz CT molecular complexity index is 713. The molecule has 25 heavy (non-hydrogen) atoms. The highest BCUT2D eigenvalue weighted by Crippen LogP contribution is 2.17. The van der Waals surface area contributed by atoms with Crippen LogP contribution in [0, 0.1) is 6.92 Å². The van der Waals surface area contributed by atoms with Crippen LogP contribution in [0.5, 0.6) is 0 Å². The molecular weight excluding hydrogens is 320 g/mol. The maximum absolute atomic E-state index is 11.8. The molecule has 132 valence electrons. The Morgan fingerprint density at radius 2 is 1.92 bits per heavy atom. The first-order chi connectivity index (χ1) is 12.2. The standard InChI is InChI=1S/C17H22N6O2/c1-3-25-17(24)23-10-8-22(9-11-23)16-20-15(12-18-21-16)19-14-6-4-13(2)5-7-14/h4-7,12H,3,8-11H2,1-2H3,(H,19,20,21). The number of aromatic nitrogens is 3. The zero-order valence-electron chi connectivity index (χ0n) is 14.5. The summed E-state index contributed by atoms with van der Waals surface area (Å²) in [4.78, 5) is 20.0. The van der Waals surface area contributed by atoms with Crippen LogP contribution < -0.4 is 10.2 Å². The number of nitrogens with one attached hydrogen (secondary N) is 1. The minimum Gasteiger partial charge on any atom is -0.450 e. The number of nitrogens with zero attached hydrogens (tertiary/aromatic N) is 5. The zero-order valence-corrected chi connectivity index (χ0v) is 14.5. The lowest BCUT2D eigenvalue weighted by Gasteiger charge is -2.33. The van der Waals surface area contributed by atoms with Crippen LogP contribution in [-0.2, 0) is 4.74 Å². The van der Waals surface area contributed by atoms with Crippen molar-refractivity contribution < 1.29 is 9.53 Å². The van der Waals surface area contributed by atoms with Gasteiger partial charge in [0.25, 0.3) is 0 Å². The summed E-state index contributed by atoms with van der Waals surface area (Å²) in [5.74, 6) is 1.20. The molecule has 0 unspecified atom stereocenters. The molecule has 0 radical (unpaired) electrons. The number of ether oxygens (including phenoxy) is 1. The summed E-state index contributed by atoms with van der Waals surface area (Å²) in [6.07, 6.45) is 1.33. The molecule has 0 spiro atoms. The van der Waals surface area contributed by atoms with Gasteiger partial charge in [-0.15, -0.1) is 5.10 Å². The Labute approximate surface area is 146 Å². The highest BCUT2D eigenvalue weighted by molar-refractivity contribution is 5.68. The molecule has 3 rings (SSSR count). The molecule has 1 aromatic carbocycles. The fourth-order valence-electron chi connectivity index (χ4n) is 2.58. The molecule has 2 aromatic rings. The molecule has 0 saturated carbocycles. The predicted molar refractivity (Wildman–Crippen MR) is 95.1 cm³/mol. The number of rotatable bonds is 4. The van der Waals surface area contributed by atoms with Crippen LogP contribution in [0.1, 0.15) is 12.5 Å². The van der Waals surface area contributed by atoms with E-state index in [0.717, 1.165) is 5.69 Å². The SMILES string of the molecule is CCOC(=O)N1CCN(c2nncc(Nc3ccc(C)cc3)n2)CC1. The Kier molecular flexibility index (Phi) is 5.27. The van der Waals surface area contributed by atoms with Gasteiger partial charge in [-0.2, -0.15) is 10.1 Å². The first-order valence-corrected chi connectivity index (χ1v) is 8.36. The number of carbonyl (C=O) groups is 1. The van der Waals surface area contributed by atoms with Crippen molar-refractivity contribution in [3.8, 4) is 0 Å². The summed E-state index contributed by atoms with van der Waals surface area (Å²) < 4.78 is 5.03. The second kappa shape index (κ2) is 7.78. The van der Waals surface area contributed by atoms with Gasteiger partial charge in [0.15, 0.2) is 5.82 Å². The van der Waals surface area contributed by atoms with E-state index in [1.54, 1.807) is 18.0 Å². The second-order valence-electron chi connectivity index (χ2n) is 5.81. The smallest absolute Gasteiger partial charge is 0.409 e. The predicted octanol–water partition coefficient (Wildman–Crippen LogP) is 2.20. The summed E-state index contributed by atoms with van der Waals surface area (Å²) in [7, 11) is 0. The average Bonchev–Trinajstić information content (AvgIpc) is 2.64. The van der Waals surface area contributed by atoms with Gasteiger partial charge in [0, 0.05) is 31.9 Å². The van der Waals surface area contributed by atoms with E-state index in [1.165, 1.54) is 5.56 Å². The molecular formula is C17H22N6O2. The normalized spacial score (nSPS) is 14.3. The first kappa shape index (κ1) is 16.9. The summed E-state index contributed by atoms with van der Waals surface area (Å²) in [5.41, 5.74) is 2.15. The van der Waals surface area contributed by atoms with Gasteiger partial charge in [-0.05, 0) is 26.0 Å². The molecule has 1 aliphatic heterocycles. The number of hydrogen-bond donors (Lipinski definition) is 1. The summed E-state index contributed by atoms with van der Waals surface area (Å²) in [6.45, 7) is 6.70. The fourth-order valence-corrected chi connectivity index (χ4v) is 2.58. The fraction of sp³-hybridized carbons (Fsp3) is 0.412. The number of amides is 1. The van der Waals surface area contributed by atoms with Crippen molar-refractivity contribution in [1.82, 2.24) is 20.1 Å².